The van der Waals surface area contributed by atoms with Gasteiger partial charge in [0, 0.05) is 26.1 Å². The van der Waals surface area contributed by atoms with E-state index in [9.17, 15) is 9.59 Å². The van der Waals surface area contributed by atoms with Crippen LogP contribution in [0.1, 0.15) is 29.5 Å². The number of aromatic nitrogens is 2. The van der Waals surface area contributed by atoms with Gasteiger partial charge in [-0.25, -0.2) is 4.98 Å². The summed E-state index contributed by atoms with van der Waals surface area (Å²) in [5, 5.41) is 0. The number of rotatable bonds is 2. The van der Waals surface area contributed by atoms with Gasteiger partial charge in [-0.3, -0.25) is 9.59 Å². The van der Waals surface area contributed by atoms with E-state index in [1.54, 1.807) is 18.1 Å². The SMILES string of the molecule is CC(=O)c1ncc(-c2ccc3c(c2)CCC(=O)N3C)[nH]1. The normalized spacial score (nSPS) is 14.3. The third-order valence-corrected chi connectivity index (χ3v) is 3.64. The third-order valence-electron chi connectivity index (χ3n) is 3.64. The zero-order valence-electron chi connectivity index (χ0n) is 11.4. The fourth-order valence-corrected chi connectivity index (χ4v) is 2.47. The summed E-state index contributed by atoms with van der Waals surface area (Å²) in [5.74, 6) is 0.426. The van der Waals surface area contributed by atoms with Crippen molar-refractivity contribution < 1.29 is 9.59 Å². The maximum atomic E-state index is 11.7. The van der Waals surface area contributed by atoms with Crippen molar-refractivity contribution in [1.82, 2.24) is 9.97 Å². The molecule has 0 atom stereocenters. The molecule has 2 heterocycles. The lowest BCUT2D eigenvalue weighted by Gasteiger charge is -2.26. The van der Waals surface area contributed by atoms with E-state index in [0.717, 1.165) is 28.9 Å². The summed E-state index contributed by atoms with van der Waals surface area (Å²) in [5.41, 5.74) is 3.89. The Labute approximate surface area is 116 Å². The minimum absolute atomic E-state index is 0.0838. The van der Waals surface area contributed by atoms with Crippen LogP contribution in [0.5, 0.6) is 0 Å². The Morgan fingerprint density at radius 2 is 2.15 bits per heavy atom. The monoisotopic (exact) mass is 269 g/mol. The maximum absolute atomic E-state index is 11.7. The maximum Gasteiger partial charge on any atom is 0.227 e. The predicted octanol–water partition coefficient (Wildman–Crippen LogP) is 2.19. The minimum Gasteiger partial charge on any atom is -0.336 e. The highest BCUT2D eigenvalue weighted by molar-refractivity contribution is 5.96. The largest absolute Gasteiger partial charge is 0.336 e. The second-order valence-electron chi connectivity index (χ2n) is 5.00. The van der Waals surface area contributed by atoms with Crippen LogP contribution in [-0.2, 0) is 11.2 Å². The summed E-state index contributed by atoms with van der Waals surface area (Å²) in [4.78, 5) is 31.7. The molecule has 5 nitrogen and oxygen atoms in total. The second kappa shape index (κ2) is 4.59. The first-order valence-electron chi connectivity index (χ1n) is 6.52. The van der Waals surface area contributed by atoms with E-state index < -0.39 is 0 Å². The molecule has 0 saturated carbocycles. The molecule has 0 saturated heterocycles. The number of hydrogen-bond donors (Lipinski definition) is 1. The van der Waals surface area contributed by atoms with E-state index in [2.05, 4.69) is 16.0 Å². The summed E-state index contributed by atoms with van der Waals surface area (Å²) < 4.78 is 0. The molecule has 0 fully saturated rings. The molecular weight excluding hydrogens is 254 g/mol. The molecule has 0 radical (unpaired) electrons. The van der Waals surface area contributed by atoms with Crippen molar-refractivity contribution in [2.24, 2.45) is 0 Å². The van der Waals surface area contributed by atoms with Crippen molar-refractivity contribution in [3.63, 3.8) is 0 Å². The van der Waals surface area contributed by atoms with Crippen molar-refractivity contribution in [1.29, 1.82) is 0 Å². The number of carbonyl (C=O) groups is 2. The third kappa shape index (κ3) is 2.01. The topological polar surface area (TPSA) is 66.1 Å². The van der Waals surface area contributed by atoms with E-state index >= 15 is 0 Å². The van der Waals surface area contributed by atoms with Gasteiger partial charge in [-0.2, -0.15) is 0 Å². The number of Topliss-reactive ketones (excluding diaryl/α,β-unsaturated/α-hetero) is 1. The molecule has 5 heteroatoms. The van der Waals surface area contributed by atoms with Crippen LogP contribution in [0.4, 0.5) is 5.69 Å². The number of aromatic amines is 1. The van der Waals surface area contributed by atoms with Gasteiger partial charge in [0.05, 0.1) is 11.9 Å². The van der Waals surface area contributed by atoms with Gasteiger partial charge in [0.25, 0.3) is 0 Å². The van der Waals surface area contributed by atoms with Crippen LogP contribution in [-0.4, -0.2) is 28.7 Å². The van der Waals surface area contributed by atoms with E-state index in [-0.39, 0.29) is 11.7 Å². The summed E-state index contributed by atoms with van der Waals surface area (Å²) in [7, 11) is 1.80. The Kier molecular flexibility index (Phi) is 2.89. The van der Waals surface area contributed by atoms with Crippen LogP contribution in [0.2, 0.25) is 0 Å². The number of fused-ring (bicyclic) bond motifs is 1. The number of anilines is 1. The zero-order chi connectivity index (χ0) is 14.3. The van der Waals surface area contributed by atoms with Crippen molar-refractivity contribution in [2.75, 3.05) is 11.9 Å². The average Bonchev–Trinajstić information content (AvgIpc) is 2.92. The standard InChI is InChI=1S/C15H15N3O2/c1-9(19)15-16-8-12(17-15)10-3-5-13-11(7-10)4-6-14(20)18(13)2/h3,5,7-8H,4,6H2,1-2H3,(H,16,17). The van der Waals surface area contributed by atoms with Gasteiger partial charge >= 0.3 is 0 Å². The number of aryl methyl sites for hydroxylation is 1. The van der Waals surface area contributed by atoms with E-state index in [1.807, 2.05) is 12.1 Å². The highest BCUT2D eigenvalue weighted by Gasteiger charge is 2.21. The van der Waals surface area contributed by atoms with Gasteiger partial charge in [-0.1, -0.05) is 6.07 Å². The van der Waals surface area contributed by atoms with Crippen LogP contribution < -0.4 is 4.90 Å². The molecule has 20 heavy (non-hydrogen) atoms. The number of ketones is 1. The molecule has 1 N–H and O–H groups in total. The second-order valence-corrected chi connectivity index (χ2v) is 5.00. The van der Waals surface area contributed by atoms with Crippen molar-refractivity contribution in [3.8, 4) is 11.3 Å². The van der Waals surface area contributed by atoms with E-state index in [4.69, 9.17) is 0 Å². The fourth-order valence-electron chi connectivity index (χ4n) is 2.47. The Morgan fingerprint density at radius 3 is 2.85 bits per heavy atom. The van der Waals surface area contributed by atoms with Gasteiger partial charge in [-0.15, -0.1) is 0 Å². The number of H-pyrrole nitrogens is 1. The average molecular weight is 269 g/mol. The predicted molar refractivity (Wildman–Crippen MR) is 75.8 cm³/mol. The molecule has 0 unspecified atom stereocenters. The van der Waals surface area contributed by atoms with Gasteiger partial charge < -0.3 is 9.88 Å². The van der Waals surface area contributed by atoms with Crippen molar-refractivity contribution in [3.05, 3.63) is 35.8 Å². The smallest absolute Gasteiger partial charge is 0.227 e. The number of benzene rings is 1. The van der Waals surface area contributed by atoms with Gasteiger partial charge in [-0.05, 0) is 29.7 Å². The molecule has 0 bridgehead atoms. The minimum atomic E-state index is -0.0838. The Hall–Kier alpha value is -2.43. The number of hydrogen-bond acceptors (Lipinski definition) is 3. The first kappa shape index (κ1) is 12.6. The van der Waals surface area contributed by atoms with Gasteiger partial charge in [0.2, 0.25) is 5.91 Å². The van der Waals surface area contributed by atoms with Crippen LogP contribution >= 0.6 is 0 Å². The lowest BCUT2D eigenvalue weighted by molar-refractivity contribution is -0.118. The zero-order valence-corrected chi connectivity index (χ0v) is 11.4. The lowest BCUT2D eigenvalue weighted by Crippen LogP contribution is -2.30. The number of amides is 1. The molecule has 2 aromatic rings. The fraction of sp³-hybridized carbons (Fsp3) is 0.267. The summed E-state index contributed by atoms with van der Waals surface area (Å²) in [6.45, 7) is 1.48. The molecule has 0 aliphatic carbocycles. The van der Waals surface area contributed by atoms with Gasteiger partial charge in [0.15, 0.2) is 11.6 Å². The van der Waals surface area contributed by atoms with Crippen molar-refractivity contribution >= 4 is 17.4 Å². The van der Waals surface area contributed by atoms with E-state index in [1.165, 1.54) is 6.92 Å². The highest BCUT2D eigenvalue weighted by Crippen LogP contribution is 2.30. The molecule has 1 aromatic carbocycles. The summed E-state index contributed by atoms with van der Waals surface area (Å²) >= 11 is 0. The lowest BCUT2D eigenvalue weighted by atomic mass is 9.98. The van der Waals surface area contributed by atoms with E-state index in [0.29, 0.717) is 12.2 Å². The number of carbonyl (C=O) groups excluding carboxylic acids is 2. The summed E-state index contributed by atoms with van der Waals surface area (Å²) in [6, 6.07) is 5.93. The highest BCUT2D eigenvalue weighted by atomic mass is 16.2. The summed E-state index contributed by atoms with van der Waals surface area (Å²) in [6.07, 6.45) is 2.95. The molecule has 102 valence electrons. The Balaban J connectivity index is 2.00. The number of imidazole rings is 1. The Bertz CT molecular complexity index is 703. The molecule has 0 spiro atoms. The molecule has 3 rings (SSSR count). The van der Waals surface area contributed by atoms with Gasteiger partial charge in [0.1, 0.15) is 0 Å². The Morgan fingerprint density at radius 1 is 1.35 bits per heavy atom. The molecular formula is C15H15N3O2. The quantitative estimate of drug-likeness (QED) is 0.850. The number of nitrogens with one attached hydrogen (secondary N) is 1. The van der Waals surface area contributed by atoms with Crippen LogP contribution in [0.15, 0.2) is 24.4 Å². The van der Waals surface area contributed by atoms with Crippen LogP contribution in [0.3, 0.4) is 0 Å². The molecule has 1 aliphatic heterocycles. The molecule has 1 aliphatic rings. The number of nitrogens with zero attached hydrogens (tertiary/aromatic N) is 2. The van der Waals surface area contributed by atoms with Crippen molar-refractivity contribution in [2.45, 2.75) is 19.8 Å². The molecule has 1 aromatic heterocycles. The van der Waals surface area contributed by atoms with Crippen LogP contribution in [0, 0.1) is 0 Å². The molecule has 1 amide bonds. The first-order valence-corrected chi connectivity index (χ1v) is 6.52. The first-order chi connectivity index (χ1) is 9.56. The van der Waals surface area contributed by atoms with Crippen LogP contribution in [0.25, 0.3) is 11.3 Å².